The highest BCUT2D eigenvalue weighted by molar-refractivity contribution is 5.93. The van der Waals surface area contributed by atoms with Crippen molar-refractivity contribution in [1.82, 2.24) is 0 Å². The highest BCUT2D eigenvalue weighted by Crippen LogP contribution is 2.24. The molecule has 1 amide bonds. The van der Waals surface area contributed by atoms with Crippen molar-refractivity contribution < 1.29 is 9.90 Å². The number of carbonyl (C=O) groups is 1. The van der Waals surface area contributed by atoms with Gasteiger partial charge in [0.25, 0.3) is 0 Å². The van der Waals surface area contributed by atoms with Crippen molar-refractivity contribution in [3.05, 3.63) is 23.8 Å². The maximum Gasteiger partial charge on any atom is 0.228 e. The summed E-state index contributed by atoms with van der Waals surface area (Å²) in [5.41, 5.74) is 6.91. The zero-order valence-corrected chi connectivity index (χ0v) is 9.66. The van der Waals surface area contributed by atoms with Gasteiger partial charge in [0, 0.05) is 12.5 Å². The molecular weight excluding hydrogens is 204 g/mol. The van der Waals surface area contributed by atoms with Crippen LogP contribution in [0.4, 0.5) is 5.69 Å². The van der Waals surface area contributed by atoms with E-state index in [4.69, 9.17) is 5.73 Å². The number of amides is 1. The van der Waals surface area contributed by atoms with Crippen molar-refractivity contribution in [2.24, 2.45) is 11.7 Å². The van der Waals surface area contributed by atoms with Crippen LogP contribution >= 0.6 is 0 Å². The third kappa shape index (κ3) is 2.97. The monoisotopic (exact) mass is 222 g/mol. The van der Waals surface area contributed by atoms with Crippen molar-refractivity contribution in [3.8, 4) is 5.75 Å². The summed E-state index contributed by atoms with van der Waals surface area (Å²) in [6, 6.07) is 5.19. The average molecular weight is 222 g/mol. The number of rotatable bonds is 4. The van der Waals surface area contributed by atoms with Crippen LogP contribution in [0.1, 0.15) is 19.4 Å². The highest BCUT2D eigenvalue weighted by atomic mass is 16.3. The van der Waals surface area contributed by atoms with E-state index < -0.39 is 0 Å². The fraction of sp³-hybridized carbons (Fsp3) is 0.417. The molecule has 16 heavy (non-hydrogen) atoms. The molecule has 1 aromatic carbocycles. The number of hydrogen-bond donors (Lipinski definition) is 3. The van der Waals surface area contributed by atoms with Gasteiger partial charge >= 0.3 is 0 Å². The van der Waals surface area contributed by atoms with E-state index in [1.165, 1.54) is 0 Å². The zero-order chi connectivity index (χ0) is 12.1. The number of carbonyl (C=O) groups excluding carboxylic acids is 1. The van der Waals surface area contributed by atoms with Crippen LogP contribution in [-0.2, 0) is 11.2 Å². The largest absolute Gasteiger partial charge is 0.506 e. The number of aryl methyl sites for hydroxylation is 1. The molecule has 0 aliphatic rings. The smallest absolute Gasteiger partial charge is 0.228 e. The van der Waals surface area contributed by atoms with Crippen molar-refractivity contribution in [2.45, 2.75) is 20.3 Å². The molecule has 0 bridgehead atoms. The number of hydrogen-bond acceptors (Lipinski definition) is 3. The lowest BCUT2D eigenvalue weighted by molar-refractivity contribution is -0.119. The van der Waals surface area contributed by atoms with Crippen LogP contribution in [0.2, 0.25) is 0 Å². The fourth-order valence-corrected chi connectivity index (χ4v) is 1.27. The summed E-state index contributed by atoms with van der Waals surface area (Å²) in [6.07, 6.45) is 0.857. The summed E-state index contributed by atoms with van der Waals surface area (Å²) in [7, 11) is 0. The first kappa shape index (κ1) is 12.5. The lowest BCUT2D eigenvalue weighted by Gasteiger charge is -2.12. The minimum Gasteiger partial charge on any atom is -0.506 e. The van der Waals surface area contributed by atoms with Gasteiger partial charge < -0.3 is 16.2 Å². The predicted octanol–water partition coefficient (Wildman–Crippen LogP) is 1.49. The number of nitrogens with two attached hydrogens (primary N) is 1. The first-order valence-electron chi connectivity index (χ1n) is 5.41. The van der Waals surface area contributed by atoms with Gasteiger partial charge in [-0.05, 0) is 24.1 Å². The van der Waals surface area contributed by atoms with E-state index in [-0.39, 0.29) is 17.6 Å². The molecule has 1 atom stereocenters. The first-order chi connectivity index (χ1) is 7.58. The van der Waals surface area contributed by atoms with Crippen molar-refractivity contribution in [3.63, 3.8) is 0 Å². The lowest BCUT2D eigenvalue weighted by Crippen LogP contribution is -2.26. The van der Waals surface area contributed by atoms with Crippen LogP contribution < -0.4 is 11.1 Å². The Hall–Kier alpha value is -1.55. The Morgan fingerprint density at radius 3 is 2.81 bits per heavy atom. The zero-order valence-electron chi connectivity index (χ0n) is 9.66. The van der Waals surface area contributed by atoms with Gasteiger partial charge in [0.2, 0.25) is 5.91 Å². The maximum absolute atomic E-state index is 11.6. The third-order valence-corrected chi connectivity index (χ3v) is 2.53. The van der Waals surface area contributed by atoms with Crippen LogP contribution in [-0.4, -0.2) is 17.6 Å². The minimum atomic E-state index is -0.260. The van der Waals surface area contributed by atoms with E-state index in [0.29, 0.717) is 12.2 Å². The topological polar surface area (TPSA) is 75.3 Å². The molecule has 4 heteroatoms. The molecule has 0 aliphatic heterocycles. The Balaban J connectivity index is 2.83. The van der Waals surface area contributed by atoms with Crippen molar-refractivity contribution >= 4 is 11.6 Å². The Morgan fingerprint density at radius 1 is 1.56 bits per heavy atom. The number of aromatic hydroxyl groups is 1. The molecular formula is C12H18N2O2. The van der Waals surface area contributed by atoms with Crippen LogP contribution in [0, 0.1) is 5.92 Å². The van der Waals surface area contributed by atoms with Crippen molar-refractivity contribution in [2.75, 3.05) is 11.9 Å². The summed E-state index contributed by atoms with van der Waals surface area (Å²) < 4.78 is 0. The Morgan fingerprint density at radius 2 is 2.25 bits per heavy atom. The second kappa shape index (κ2) is 5.51. The third-order valence-electron chi connectivity index (χ3n) is 2.53. The normalized spacial score (nSPS) is 12.2. The van der Waals surface area contributed by atoms with Gasteiger partial charge in [-0.3, -0.25) is 4.79 Å². The molecule has 1 unspecified atom stereocenters. The van der Waals surface area contributed by atoms with Crippen LogP contribution in [0.15, 0.2) is 18.2 Å². The van der Waals surface area contributed by atoms with E-state index in [9.17, 15) is 9.90 Å². The van der Waals surface area contributed by atoms with E-state index in [2.05, 4.69) is 5.32 Å². The number of phenols is 1. The molecule has 0 spiro atoms. The SMILES string of the molecule is CCc1ccc(O)c(NC(=O)C(C)CN)c1. The van der Waals surface area contributed by atoms with E-state index >= 15 is 0 Å². The minimum absolute atomic E-state index is 0.0785. The molecule has 1 aromatic rings. The molecule has 1 rings (SSSR count). The van der Waals surface area contributed by atoms with Crippen molar-refractivity contribution in [1.29, 1.82) is 0 Å². The van der Waals surface area contributed by atoms with Crippen LogP contribution in [0.3, 0.4) is 0 Å². The van der Waals surface area contributed by atoms with Gasteiger partial charge in [-0.15, -0.1) is 0 Å². The second-order valence-corrected chi connectivity index (χ2v) is 3.83. The number of phenolic OH excluding ortho intramolecular Hbond substituents is 1. The molecule has 0 aliphatic carbocycles. The lowest BCUT2D eigenvalue weighted by atomic mass is 10.1. The summed E-state index contributed by atoms with van der Waals surface area (Å²) in [4.78, 5) is 11.6. The second-order valence-electron chi connectivity index (χ2n) is 3.83. The van der Waals surface area contributed by atoms with Gasteiger partial charge in [-0.1, -0.05) is 19.9 Å². The molecule has 4 N–H and O–H groups in total. The van der Waals surface area contributed by atoms with Gasteiger partial charge in [0.05, 0.1) is 5.69 Å². The number of nitrogens with one attached hydrogen (secondary N) is 1. The quantitative estimate of drug-likeness (QED) is 0.675. The van der Waals surface area contributed by atoms with E-state index in [0.717, 1.165) is 12.0 Å². The van der Waals surface area contributed by atoms with Gasteiger partial charge in [0.1, 0.15) is 5.75 Å². The summed E-state index contributed by atoms with van der Waals surface area (Å²) in [5.74, 6) is -0.356. The Bertz CT molecular complexity index is 377. The molecule has 4 nitrogen and oxygen atoms in total. The molecule has 0 aromatic heterocycles. The molecule has 0 saturated carbocycles. The summed E-state index contributed by atoms with van der Waals surface area (Å²) in [5, 5.41) is 12.3. The molecule has 88 valence electrons. The molecule has 0 saturated heterocycles. The van der Waals surface area contributed by atoms with E-state index in [1.807, 2.05) is 13.0 Å². The van der Waals surface area contributed by atoms with Crippen LogP contribution in [0.25, 0.3) is 0 Å². The van der Waals surface area contributed by atoms with Crippen LogP contribution in [0.5, 0.6) is 5.75 Å². The number of benzene rings is 1. The maximum atomic E-state index is 11.6. The summed E-state index contributed by atoms with van der Waals surface area (Å²) in [6.45, 7) is 4.05. The molecule has 0 fully saturated rings. The summed E-state index contributed by atoms with van der Waals surface area (Å²) >= 11 is 0. The average Bonchev–Trinajstić information content (AvgIpc) is 2.30. The van der Waals surface area contributed by atoms with E-state index in [1.54, 1.807) is 19.1 Å². The highest BCUT2D eigenvalue weighted by Gasteiger charge is 2.12. The fourth-order valence-electron chi connectivity index (χ4n) is 1.27. The molecule has 0 heterocycles. The van der Waals surface area contributed by atoms with Gasteiger partial charge in [0.15, 0.2) is 0 Å². The predicted molar refractivity (Wildman–Crippen MR) is 64.3 cm³/mol. The number of anilines is 1. The Kier molecular flexibility index (Phi) is 4.31. The van der Waals surface area contributed by atoms with Gasteiger partial charge in [-0.2, -0.15) is 0 Å². The molecule has 0 radical (unpaired) electrons. The first-order valence-corrected chi connectivity index (χ1v) is 5.41. The van der Waals surface area contributed by atoms with Gasteiger partial charge in [-0.25, -0.2) is 0 Å². The standard InChI is InChI=1S/C12H18N2O2/c1-3-9-4-5-11(15)10(6-9)14-12(16)8(2)7-13/h4-6,8,15H,3,7,13H2,1-2H3,(H,14,16). The Labute approximate surface area is 95.5 Å².